The molecule has 1 heterocycles. The van der Waals surface area contributed by atoms with Gasteiger partial charge in [-0.1, -0.05) is 30.3 Å². The molecule has 0 aliphatic rings. The Morgan fingerprint density at radius 3 is 2.71 bits per heavy atom. The lowest BCUT2D eigenvalue weighted by atomic mass is 10.2. The smallest absolute Gasteiger partial charge is 0.325 e. The van der Waals surface area contributed by atoms with E-state index in [0.29, 0.717) is 0 Å². The molecular weight excluding hydrogens is 314 g/mol. The Hall–Kier alpha value is -3.23. The summed E-state index contributed by atoms with van der Waals surface area (Å²) in [5.41, 5.74) is 6.33. The highest BCUT2D eigenvalue weighted by Crippen LogP contribution is 2.33. The summed E-state index contributed by atoms with van der Waals surface area (Å²) < 4.78 is 10.3. The first kappa shape index (κ1) is 17.1. The first-order valence-electron chi connectivity index (χ1n) is 7.21. The fraction of sp³-hybridized carbons (Fsp3) is 0.267. The normalized spacial score (nSPS) is 10.0. The van der Waals surface area contributed by atoms with Gasteiger partial charge in [-0.3, -0.25) is 4.79 Å². The molecule has 0 atom stereocenters. The Labute approximate surface area is 138 Å². The number of nitroso groups, excluding NO2 is 1. The maximum absolute atomic E-state index is 11.4. The average Bonchev–Trinajstić information content (AvgIpc) is 2.59. The minimum absolute atomic E-state index is 0.00798. The van der Waals surface area contributed by atoms with E-state index >= 15 is 0 Å². The third kappa shape index (κ3) is 4.63. The number of carbonyl (C=O) groups is 1. The number of hydrogen-bond donors (Lipinski definition) is 2. The van der Waals surface area contributed by atoms with Crippen LogP contribution in [-0.2, 0) is 16.1 Å². The molecule has 0 bridgehead atoms. The van der Waals surface area contributed by atoms with Crippen LogP contribution in [0, 0.1) is 4.91 Å². The van der Waals surface area contributed by atoms with Crippen molar-refractivity contribution < 1.29 is 14.3 Å². The SMILES string of the molecule is CCOC(=O)CNc1nc(N)nc(OCc2ccccc2)c1N=O. The van der Waals surface area contributed by atoms with Gasteiger partial charge in [0.05, 0.1) is 6.61 Å². The lowest BCUT2D eigenvalue weighted by Gasteiger charge is -2.11. The molecule has 3 N–H and O–H groups in total. The van der Waals surface area contributed by atoms with E-state index in [-0.39, 0.29) is 43.1 Å². The quantitative estimate of drug-likeness (QED) is 0.555. The molecule has 2 rings (SSSR count). The highest BCUT2D eigenvalue weighted by atomic mass is 16.5. The fourth-order valence-electron chi connectivity index (χ4n) is 1.85. The molecule has 126 valence electrons. The van der Waals surface area contributed by atoms with Gasteiger partial charge in [0.1, 0.15) is 13.2 Å². The monoisotopic (exact) mass is 331 g/mol. The van der Waals surface area contributed by atoms with Crippen LogP contribution in [0.15, 0.2) is 35.5 Å². The zero-order chi connectivity index (χ0) is 17.4. The number of rotatable bonds is 8. The maximum Gasteiger partial charge on any atom is 0.325 e. The minimum atomic E-state index is -0.502. The van der Waals surface area contributed by atoms with Crippen LogP contribution in [0.1, 0.15) is 12.5 Å². The molecule has 9 heteroatoms. The number of nitrogens with zero attached hydrogens (tertiary/aromatic N) is 3. The Morgan fingerprint density at radius 2 is 2.04 bits per heavy atom. The summed E-state index contributed by atoms with van der Waals surface area (Å²) in [5, 5.41) is 5.53. The number of anilines is 2. The molecule has 0 spiro atoms. The van der Waals surface area contributed by atoms with Crippen LogP contribution in [0.3, 0.4) is 0 Å². The second-order valence-corrected chi connectivity index (χ2v) is 4.61. The largest absolute Gasteiger partial charge is 0.471 e. The van der Waals surface area contributed by atoms with E-state index in [4.69, 9.17) is 15.2 Å². The van der Waals surface area contributed by atoms with Crippen LogP contribution < -0.4 is 15.8 Å². The number of benzene rings is 1. The zero-order valence-corrected chi connectivity index (χ0v) is 13.1. The summed E-state index contributed by atoms with van der Waals surface area (Å²) >= 11 is 0. The van der Waals surface area contributed by atoms with Gasteiger partial charge in [0.25, 0.3) is 5.88 Å². The fourth-order valence-corrected chi connectivity index (χ4v) is 1.85. The average molecular weight is 331 g/mol. The van der Waals surface area contributed by atoms with Crippen molar-refractivity contribution in [3.8, 4) is 5.88 Å². The van der Waals surface area contributed by atoms with Crippen molar-refractivity contribution in [2.45, 2.75) is 13.5 Å². The predicted molar refractivity (Wildman–Crippen MR) is 87.8 cm³/mol. The third-order valence-electron chi connectivity index (χ3n) is 2.88. The summed E-state index contributed by atoms with van der Waals surface area (Å²) in [5.74, 6) is -0.670. The number of hydrogen-bond acceptors (Lipinski definition) is 9. The maximum atomic E-state index is 11.4. The first-order valence-corrected chi connectivity index (χ1v) is 7.21. The Bertz CT molecular complexity index is 709. The van der Waals surface area contributed by atoms with Gasteiger partial charge in [-0.05, 0) is 17.7 Å². The van der Waals surface area contributed by atoms with Crippen molar-refractivity contribution in [1.29, 1.82) is 0 Å². The third-order valence-corrected chi connectivity index (χ3v) is 2.88. The van der Waals surface area contributed by atoms with Crippen LogP contribution in [0.2, 0.25) is 0 Å². The number of esters is 1. The van der Waals surface area contributed by atoms with Gasteiger partial charge in [0.15, 0.2) is 5.82 Å². The van der Waals surface area contributed by atoms with E-state index in [9.17, 15) is 9.70 Å². The van der Waals surface area contributed by atoms with Gasteiger partial charge < -0.3 is 20.5 Å². The topological polar surface area (TPSA) is 129 Å². The molecule has 1 aromatic carbocycles. The van der Waals surface area contributed by atoms with Crippen molar-refractivity contribution in [3.63, 3.8) is 0 Å². The highest BCUT2D eigenvalue weighted by Gasteiger charge is 2.17. The van der Waals surface area contributed by atoms with Crippen molar-refractivity contribution in [3.05, 3.63) is 40.8 Å². The van der Waals surface area contributed by atoms with E-state index in [1.54, 1.807) is 6.92 Å². The molecule has 0 fully saturated rings. The van der Waals surface area contributed by atoms with Gasteiger partial charge >= 0.3 is 5.97 Å². The van der Waals surface area contributed by atoms with Crippen molar-refractivity contribution in [1.82, 2.24) is 9.97 Å². The molecular formula is C15H17N5O4. The molecule has 24 heavy (non-hydrogen) atoms. The number of nitrogens with two attached hydrogens (primary N) is 1. The van der Waals surface area contributed by atoms with E-state index in [2.05, 4.69) is 20.5 Å². The number of nitrogen functional groups attached to an aromatic ring is 1. The molecule has 0 amide bonds. The van der Waals surface area contributed by atoms with E-state index in [0.717, 1.165) is 5.56 Å². The summed E-state index contributed by atoms with van der Waals surface area (Å²) in [7, 11) is 0. The van der Waals surface area contributed by atoms with Crippen LogP contribution in [0.5, 0.6) is 5.88 Å². The van der Waals surface area contributed by atoms with E-state index in [1.165, 1.54) is 0 Å². The van der Waals surface area contributed by atoms with E-state index < -0.39 is 5.97 Å². The molecule has 0 unspecified atom stereocenters. The summed E-state index contributed by atoms with van der Waals surface area (Å²) in [6.07, 6.45) is 0. The van der Waals surface area contributed by atoms with Gasteiger partial charge in [-0.15, -0.1) is 4.91 Å². The predicted octanol–water partition coefficient (Wildman–Crippen LogP) is 2.01. The molecule has 0 saturated heterocycles. The second-order valence-electron chi connectivity index (χ2n) is 4.61. The zero-order valence-electron chi connectivity index (χ0n) is 13.1. The molecule has 0 aliphatic heterocycles. The van der Waals surface area contributed by atoms with Gasteiger partial charge in [0.2, 0.25) is 11.6 Å². The van der Waals surface area contributed by atoms with Crippen LogP contribution in [-0.4, -0.2) is 29.1 Å². The molecule has 9 nitrogen and oxygen atoms in total. The lowest BCUT2D eigenvalue weighted by Crippen LogP contribution is -2.18. The van der Waals surface area contributed by atoms with Crippen LogP contribution in [0.25, 0.3) is 0 Å². The van der Waals surface area contributed by atoms with Crippen molar-refractivity contribution in [2.75, 3.05) is 24.2 Å². The molecule has 0 aliphatic carbocycles. The number of nitrogens with one attached hydrogen (secondary N) is 1. The highest BCUT2D eigenvalue weighted by molar-refractivity contribution is 5.77. The van der Waals surface area contributed by atoms with Gasteiger partial charge in [-0.2, -0.15) is 9.97 Å². The number of ether oxygens (including phenoxy) is 2. The molecule has 1 aromatic heterocycles. The molecule has 0 radical (unpaired) electrons. The number of carbonyl (C=O) groups excluding carboxylic acids is 1. The Kier molecular flexibility index (Phi) is 6.01. The van der Waals surface area contributed by atoms with E-state index in [1.807, 2.05) is 30.3 Å². The minimum Gasteiger partial charge on any atom is -0.471 e. The Balaban J connectivity index is 2.15. The lowest BCUT2D eigenvalue weighted by molar-refractivity contribution is -0.140. The summed E-state index contributed by atoms with van der Waals surface area (Å²) in [4.78, 5) is 30.3. The van der Waals surface area contributed by atoms with Crippen molar-refractivity contribution >= 4 is 23.4 Å². The van der Waals surface area contributed by atoms with Crippen molar-refractivity contribution in [2.24, 2.45) is 5.18 Å². The molecule has 2 aromatic rings. The molecule has 0 saturated carbocycles. The second kappa shape index (κ2) is 8.42. The van der Waals surface area contributed by atoms with Gasteiger partial charge in [0, 0.05) is 0 Å². The summed E-state index contributed by atoms with van der Waals surface area (Å²) in [6, 6.07) is 9.31. The number of aromatic nitrogens is 2. The summed E-state index contributed by atoms with van der Waals surface area (Å²) in [6.45, 7) is 1.92. The standard InChI is InChI=1S/C15H17N5O4/c1-2-23-11(21)8-17-13-12(20-22)14(19-15(16)18-13)24-9-10-6-4-3-5-7-10/h3-7H,2,8-9H2,1H3,(H3,16,17,18,19). The van der Waals surface area contributed by atoms with Gasteiger partial charge in [-0.25, -0.2) is 0 Å². The Morgan fingerprint density at radius 1 is 1.29 bits per heavy atom. The first-order chi connectivity index (χ1) is 11.6. The van der Waals surface area contributed by atoms with Crippen LogP contribution >= 0.6 is 0 Å². The van der Waals surface area contributed by atoms with Crippen LogP contribution in [0.4, 0.5) is 17.5 Å².